The van der Waals surface area contributed by atoms with Crippen molar-refractivity contribution in [3.8, 4) is 0 Å². The molecule has 1 amide bonds. The van der Waals surface area contributed by atoms with E-state index in [1.54, 1.807) is 4.90 Å². The number of aromatic carboxylic acids is 1. The van der Waals surface area contributed by atoms with Crippen LogP contribution in [0.25, 0.3) is 0 Å². The Morgan fingerprint density at radius 1 is 1.29 bits per heavy atom. The third-order valence-electron chi connectivity index (χ3n) is 3.05. The Hall–Kier alpha value is -1.96. The predicted octanol–water partition coefficient (Wildman–Crippen LogP) is 0.126. The van der Waals surface area contributed by atoms with Gasteiger partial charge in [-0.15, -0.1) is 5.10 Å². The Morgan fingerprint density at radius 2 is 1.90 bits per heavy atom. The lowest BCUT2D eigenvalue weighted by molar-refractivity contribution is -0.132. The summed E-state index contributed by atoms with van der Waals surface area (Å²) in [6.45, 7) is 5.64. The smallest absolute Gasteiger partial charge is 0.358 e. The average molecular weight is 297 g/mol. The van der Waals surface area contributed by atoms with Gasteiger partial charge >= 0.3 is 5.97 Å². The van der Waals surface area contributed by atoms with Gasteiger partial charge in [0.1, 0.15) is 6.54 Å². The van der Waals surface area contributed by atoms with Crippen molar-refractivity contribution in [3.63, 3.8) is 0 Å². The van der Waals surface area contributed by atoms with Crippen LogP contribution < -0.4 is 5.73 Å². The number of aromatic nitrogens is 3. The van der Waals surface area contributed by atoms with E-state index >= 15 is 0 Å². The first-order chi connectivity index (χ1) is 10.0. The lowest BCUT2D eigenvalue weighted by Crippen LogP contribution is -2.35. The van der Waals surface area contributed by atoms with Crippen molar-refractivity contribution < 1.29 is 14.7 Å². The van der Waals surface area contributed by atoms with Gasteiger partial charge in [0.05, 0.1) is 5.69 Å². The van der Waals surface area contributed by atoms with E-state index in [0.29, 0.717) is 25.2 Å². The molecule has 21 heavy (non-hydrogen) atoms. The highest BCUT2D eigenvalue weighted by atomic mass is 16.4. The maximum atomic E-state index is 12.3. The van der Waals surface area contributed by atoms with E-state index in [1.165, 1.54) is 4.68 Å². The van der Waals surface area contributed by atoms with E-state index in [-0.39, 0.29) is 24.7 Å². The maximum Gasteiger partial charge on any atom is 0.358 e. The first-order valence-corrected chi connectivity index (χ1v) is 7.18. The summed E-state index contributed by atoms with van der Waals surface area (Å²) in [6, 6.07) is 0. The molecule has 0 saturated heterocycles. The summed E-state index contributed by atoms with van der Waals surface area (Å²) in [5.41, 5.74) is 5.75. The summed E-state index contributed by atoms with van der Waals surface area (Å²) in [5.74, 6) is -1.24. The van der Waals surface area contributed by atoms with Crippen molar-refractivity contribution in [1.82, 2.24) is 19.9 Å². The quantitative estimate of drug-likeness (QED) is 0.669. The van der Waals surface area contributed by atoms with Gasteiger partial charge in [-0.2, -0.15) is 0 Å². The van der Waals surface area contributed by atoms with Crippen LogP contribution in [0.15, 0.2) is 0 Å². The molecule has 1 rings (SSSR count). The average Bonchev–Trinajstić information content (AvgIpc) is 2.82. The Kier molecular flexibility index (Phi) is 6.80. The van der Waals surface area contributed by atoms with Crippen molar-refractivity contribution in [2.45, 2.75) is 39.7 Å². The zero-order valence-electron chi connectivity index (χ0n) is 12.6. The molecular weight excluding hydrogens is 274 g/mol. The highest BCUT2D eigenvalue weighted by Gasteiger charge is 2.21. The van der Waals surface area contributed by atoms with Gasteiger partial charge in [0.25, 0.3) is 0 Å². The van der Waals surface area contributed by atoms with Gasteiger partial charge < -0.3 is 15.7 Å². The first kappa shape index (κ1) is 17.1. The van der Waals surface area contributed by atoms with Crippen LogP contribution in [0.2, 0.25) is 0 Å². The van der Waals surface area contributed by atoms with Crippen LogP contribution in [0.4, 0.5) is 0 Å². The molecule has 0 aliphatic heterocycles. The van der Waals surface area contributed by atoms with Crippen LogP contribution in [0, 0.1) is 0 Å². The Balaban J connectivity index is 2.90. The fourth-order valence-corrected chi connectivity index (χ4v) is 2.14. The second-order valence-corrected chi connectivity index (χ2v) is 4.77. The van der Waals surface area contributed by atoms with E-state index in [9.17, 15) is 9.59 Å². The van der Waals surface area contributed by atoms with Crippen molar-refractivity contribution in [2.24, 2.45) is 5.73 Å². The number of hydrogen-bond acceptors (Lipinski definition) is 5. The van der Waals surface area contributed by atoms with Crippen LogP contribution in [0.5, 0.6) is 0 Å². The van der Waals surface area contributed by atoms with Crippen molar-refractivity contribution in [1.29, 1.82) is 0 Å². The molecule has 0 aliphatic rings. The van der Waals surface area contributed by atoms with Gasteiger partial charge in [0.2, 0.25) is 5.91 Å². The summed E-state index contributed by atoms with van der Waals surface area (Å²) in [5, 5.41) is 16.5. The molecule has 8 heteroatoms. The van der Waals surface area contributed by atoms with Crippen molar-refractivity contribution in [3.05, 3.63) is 11.4 Å². The molecule has 8 nitrogen and oxygen atoms in total. The molecule has 1 aromatic rings. The Bertz CT molecular complexity index is 480. The fourth-order valence-electron chi connectivity index (χ4n) is 2.14. The molecule has 0 radical (unpaired) electrons. The number of rotatable bonds is 9. The van der Waals surface area contributed by atoms with E-state index in [0.717, 1.165) is 12.8 Å². The lowest BCUT2D eigenvalue weighted by atomic mass is 10.2. The standard InChI is InChI=1S/C13H23N5O3/c1-3-7-17(8-4-2)11(19)9-18-10(5-6-14)12(13(20)21)15-16-18/h3-9,14H2,1-2H3,(H,20,21). The van der Waals surface area contributed by atoms with Crippen LogP contribution >= 0.6 is 0 Å². The number of carbonyl (C=O) groups excluding carboxylic acids is 1. The number of carboxylic acids is 1. The number of hydrogen-bond donors (Lipinski definition) is 2. The summed E-state index contributed by atoms with van der Waals surface area (Å²) < 4.78 is 1.34. The van der Waals surface area contributed by atoms with Crippen molar-refractivity contribution >= 4 is 11.9 Å². The fraction of sp³-hybridized carbons (Fsp3) is 0.692. The molecule has 3 N–H and O–H groups in total. The molecule has 118 valence electrons. The first-order valence-electron chi connectivity index (χ1n) is 7.18. The molecule has 1 aromatic heterocycles. The molecule has 0 fully saturated rings. The third kappa shape index (κ3) is 4.52. The van der Waals surface area contributed by atoms with Gasteiger partial charge in [0, 0.05) is 19.5 Å². The zero-order valence-corrected chi connectivity index (χ0v) is 12.6. The maximum absolute atomic E-state index is 12.3. The van der Waals surface area contributed by atoms with Gasteiger partial charge in [-0.05, 0) is 19.4 Å². The van der Waals surface area contributed by atoms with Crippen LogP contribution in [-0.2, 0) is 17.8 Å². The Morgan fingerprint density at radius 3 is 2.38 bits per heavy atom. The molecule has 0 spiro atoms. The number of carbonyl (C=O) groups is 2. The highest BCUT2D eigenvalue weighted by molar-refractivity contribution is 5.86. The second-order valence-electron chi connectivity index (χ2n) is 4.77. The molecule has 0 atom stereocenters. The van der Waals surface area contributed by atoms with E-state index in [1.807, 2.05) is 13.8 Å². The van der Waals surface area contributed by atoms with Gasteiger partial charge in [-0.1, -0.05) is 19.1 Å². The Labute approximate surface area is 123 Å². The van der Waals surface area contributed by atoms with Crippen LogP contribution in [-0.4, -0.2) is 56.5 Å². The topological polar surface area (TPSA) is 114 Å². The summed E-state index contributed by atoms with van der Waals surface area (Å²) in [7, 11) is 0. The van der Waals surface area contributed by atoms with E-state index < -0.39 is 5.97 Å². The highest BCUT2D eigenvalue weighted by Crippen LogP contribution is 2.07. The number of nitrogens with zero attached hydrogens (tertiary/aromatic N) is 4. The molecule has 0 aliphatic carbocycles. The van der Waals surface area contributed by atoms with E-state index in [2.05, 4.69) is 10.3 Å². The number of carboxylic acid groups (broad SMARTS) is 1. The SMILES string of the molecule is CCCN(CCC)C(=O)Cn1nnc(C(=O)O)c1CCN. The monoisotopic (exact) mass is 297 g/mol. The molecule has 0 aromatic carbocycles. The molecule has 1 heterocycles. The molecule has 0 bridgehead atoms. The largest absolute Gasteiger partial charge is 0.476 e. The molecule has 0 saturated carbocycles. The summed E-state index contributed by atoms with van der Waals surface area (Å²) >= 11 is 0. The normalized spacial score (nSPS) is 10.6. The van der Waals surface area contributed by atoms with Gasteiger partial charge in [0.15, 0.2) is 5.69 Å². The predicted molar refractivity (Wildman–Crippen MR) is 76.9 cm³/mol. The van der Waals surface area contributed by atoms with Gasteiger partial charge in [-0.3, -0.25) is 4.79 Å². The number of nitrogens with two attached hydrogens (primary N) is 1. The minimum absolute atomic E-state index is 0.00435. The lowest BCUT2D eigenvalue weighted by Gasteiger charge is -2.21. The molecular formula is C13H23N5O3. The zero-order chi connectivity index (χ0) is 15.8. The summed E-state index contributed by atoms with van der Waals surface area (Å²) in [4.78, 5) is 25.1. The van der Waals surface area contributed by atoms with Gasteiger partial charge in [-0.25, -0.2) is 9.48 Å². The van der Waals surface area contributed by atoms with Crippen molar-refractivity contribution in [2.75, 3.05) is 19.6 Å². The minimum Gasteiger partial charge on any atom is -0.476 e. The second kappa shape index (κ2) is 8.35. The van der Waals surface area contributed by atoms with Crippen LogP contribution in [0.3, 0.4) is 0 Å². The van der Waals surface area contributed by atoms with Crippen LogP contribution in [0.1, 0.15) is 42.9 Å². The summed E-state index contributed by atoms with van der Waals surface area (Å²) in [6.07, 6.45) is 2.07. The number of amides is 1. The minimum atomic E-state index is -1.16. The molecule has 0 unspecified atom stereocenters. The third-order valence-corrected chi connectivity index (χ3v) is 3.05. The van der Waals surface area contributed by atoms with E-state index in [4.69, 9.17) is 10.8 Å².